The summed E-state index contributed by atoms with van der Waals surface area (Å²) in [4.78, 5) is 4.44. The predicted octanol–water partition coefficient (Wildman–Crippen LogP) is 4.01. The van der Waals surface area contributed by atoms with Crippen molar-refractivity contribution < 1.29 is 0 Å². The maximum atomic E-state index is 4.44. The smallest absolute Gasteiger partial charge is 0.0795 e. The van der Waals surface area contributed by atoms with Crippen LogP contribution in [0.3, 0.4) is 0 Å². The van der Waals surface area contributed by atoms with Gasteiger partial charge in [0.1, 0.15) is 0 Å². The van der Waals surface area contributed by atoms with E-state index >= 15 is 0 Å². The van der Waals surface area contributed by atoms with Crippen LogP contribution < -0.4 is 5.32 Å². The van der Waals surface area contributed by atoms with Gasteiger partial charge in [0.25, 0.3) is 0 Å². The highest BCUT2D eigenvalue weighted by Crippen LogP contribution is 2.23. The fraction of sp³-hybridized carbons (Fsp3) is 0.769. The average Bonchev–Trinajstić information content (AvgIpc) is 2.77. The van der Waals surface area contributed by atoms with E-state index in [-0.39, 0.29) is 0 Å². The van der Waals surface area contributed by atoms with Crippen LogP contribution in [0.5, 0.6) is 0 Å². The molecule has 1 aromatic rings. The van der Waals surface area contributed by atoms with E-state index in [4.69, 9.17) is 0 Å². The fourth-order valence-electron chi connectivity index (χ4n) is 2.03. The summed E-state index contributed by atoms with van der Waals surface area (Å²) < 4.78 is 0. The van der Waals surface area contributed by atoms with Crippen LogP contribution in [0.25, 0.3) is 0 Å². The lowest BCUT2D eigenvalue weighted by atomic mass is 9.96. The van der Waals surface area contributed by atoms with Gasteiger partial charge in [-0.15, -0.1) is 11.3 Å². The Morgan fingerprint density at radius 1 is 1.38 bits per heavy atom. The minimum absolute atomic E-state index is 0.452. The molecule has 0 fully saturated rings. The maximum Gasteiger partial charge on any atom is 0.0795 e. The normalized spacial score (nSPS) is 14.9. The van der Waals surface area contributed by atoms with E-state index in [9.17, 15) is 0 Å². The van der Waals surface area contributed by atoms with Crippen molar-refractivity contribution in [1.29, 1.82) is 0 Å². The molecular formula is C13H24N2S. The van der Waals surface area contributed by atoms with Crippen molar-refractivity contribution in [3.63, 3.8) is 0 Å². The molecule has 16 heavy (non-hydrogen) atoms. The van der Waals surface area contributed by atoms with Crippen LogP contribution in [0, 0.1) is 5.92 Å². The van der Waals surface area contributed by atoms with Crippen molar-refractivity contribution >= 4 is 11.3 Å². The van der Waals surface area contributed by atoms with Crippen molar-refractivity contribution in [2.45, 2.75) is 52.5 Å². The zero-order valence-corrected chi connectivity index (χ0v) is 11.5. The van der Waals surface area contributed by atoms with Gasteiger partial charge in [-0.3, -0.25) is 0 Å². The van der Waals surface area contributed by atoms with Gasteiger partial charge in [-0.05, 0) is 25.3 Å². The van der Waals surface area contributed by atoms with Crippen molar-refractivity contribution in [1.82, 2.24) is 10.3 Å². The van der Waals surface area contributed by atoms with E-state index in [1.165, 1.54) is 31.4 Å². The predicted molar refractivity (Wildman–Crippen MR) is 71.8 cm³/mol. The van der Waals surface area contributed by atoms with Gasteiger partial charge in [0.2, 0.25) is 0 Å². The summed E-state index contributed by atoms with van der Waals surface area (Å²) in [7, 11) is 0. The van der Waals surface area contributed by atoms with Crippen molar-refractivity contribution in [3.8, 4) is 0 Å². The van der Waals surface area contributed by atoms with Crippen molar-refractivity contribution in [3.05, 3.63) is 16.6 Å². The first-order valence-corrected chi connectivity index (χ1v) is 7.33. The summed E-state index contributed by atoms with van der Waals surface area (Å²) in [5.74, 6) is 0.779. The second-order valence-electron chi connectivity index (χ2n) is 4.55. The first-order valence-electron chi connectivity index (χ1n) is 6.39. The molecule has 1 rings (SSSR count). The zero-order valence-electron chi connectivity index (χ0n) is 10.7. The minimum atomic E-state index is 0.452. The van der Waals surface area contributed by atoms with E-state index in [0.29, 0.717) is 6.04 Å². The van der Waals surface area contributed by atoms with Gasteiger partial charge in [0, 0.05) is 5.38 Å². The first-order chi connectivity index (χ1) is 7.77. The number of rotatable bonds is 8. The molecule has 0 saturated heterocycles. The quantitative estimate of drug-likeness (QED) is 0.742. The van der Waals surface area contributed by atoms with Crippen LogP contribution >= 0.6 is 11.3 Å². The van der Waals surface area contributed by atoms with Crippen molar-refractivity contribution in [2.24, 2.45) is 5.92 Å². The van der Waals surface area contributed by atoms with E-state index in [2.05, 4.69) is 36.5 Å². The molecule has 1 aromatic heterocycles. The van der Waals surface area contributed by atoms with Crippen molar-refractivity contribution in [2.75, 3.05) is 6.54 Å². The van der Waals surface area contributed by atoms with Crippen LogP contribution in [0.1, 0.15) is 58.2 Å². The zero-order chi connectivity index (χ0) is 11.8. The largest absolute Gasteiger partial charge is 0.309 e. The molecule has 1 N–H and O–H groups in total. The number of hydrogen-bond donors (Lipinski definition) is 1. The first kappa shape index (κ1) is 13.7. The lowest BCUT2D eigenvalue weighted by molar-refractivity contribution is 0.386. The number of nitrogens with zero attached hydrogens (tertiary/aromatic N) is 1. The Kier molecular flexibility index (Phi) is 6.65. The van der Waals surface area contributed by atoms with Crippen LogP contribution in [0.4, 0.5) is 0 Å². The molecule has 0 radical (unpaired) electrons. The standard InChI is InChI=1S/C13H24N2S/c1-4-6-11(3)8-12(14-7-5-2)13-9-16-10-15-13/h9-12,14H,4-8H2,1-3H3. The third kappa shape index (κ3) is 4.62. The molecule has 3 heteroatoms. The molecule has 0 bridgehead atoms. The van der Waals surface area contributed by atoms with Crippen LogP contribution in [-0.2, 0) is 0 Å². The average molecular weight is 240 g/mol. The molecule has 2 atom stereocenters. The summed E-state index contributed by atoms with van der Waals surface area (Å²) in [6, 6.07) is 0.452. The molecule has 2 unspecified atom stereocenters. The van der Waals surface area contributed by atoms with Crippen LogP contribution in [0.15, 0.2) is 10.9 Å². The Morgan fingerprint density at radius 3 is 2.75 bits per heavy atom. The monoisotopic (exact) mass is 240 g/mol. The number of aromatic nitrogens is 1. The van der Waals surface area contributed by atoms with Gasteiger partial charge in [-0.25, -0.2) is 4.98 Å². The summed E-state index contributed by atoms with van der Waals surface area (Å²) in [6.45, 7) is 7.89. The van der Waals surface area contributed by atoms with Gasteiger partial charge in [0.15, 0.2) is 0 Å². The number of nitrogens with one attached hydrogen (secondary N) is 1. The van der Waals surface area contributed by atoms with Crippen LogP contribution in [0.2, 0.25) is 0 Å². The molecule has 0 aliphatic rings. The molecule has 0 aliphatic carbocycles. The Morgan fingerprint density at radius 2 is 2.19 bits per heavy atom. The molecule has 0 saturated carbocycles. The fourth-order valence-corrected chi connectivity index (χ4v) is 2.64. The third-order valence-corrected chi connectivity index (χ3v) is 3.47. The van der Waals surface area contributed by atoms with E-state index in [1.54, 1.807) is 11.3 Å². The highest BCUT2D eigenvalue weighted by atomic mass is 32.1. The summed E-state index contributed by atoms with van der Waals surface area (Å²) >= 11 is 1.69. The van der Waals surface area contributed by atoms with Gasteiger partial charge < -0.3 is 5.32 Å². The van der Waals surface area contributed by atoms with E-state index in [0.717, 1.165) is 12.5 Å². The molecule has 0 aliphatic heterocycles. The Balaban J connectivity index is 2.50. The molecule has 0 amide bonds. The van der Waals surface area contributed by atoms with Gasteiger partial charge in [0.05, 0.1) is 17.2 Å². The lowest BCUT2D eigenvalue weighted by Crippen LogP contribution is -2.24. The Bertz CT molecular complexity index is 259. The van der Waals surface area contributed by atoms with Gasteiger partial charge in [-0.2, -0.15) is 0 Å². The lowest BCUT2D eigenvalue weighted by Gasteiger charge is -2.20. The number of thiazole rings is 1. The highest BCUT2D eigenvalue weighted by molar-refractivity contribution is 7.07. The molecule has 92 valence electrons. The minimum Gasteiger partial charge on any atom is -0.309 e. The number of hydrogen-bond acceptors (Lipinski definition) is 3. The van der Waals surface area contributed by atoms with E-state index < -0.39 is 0 Å². The second kappa shape index (κ2) is 7.80. The summed E-state index contributed by atoms with van der Waals surface area (Å²) in [5, 5.41) is 5.78. The molecule has 1 heterocycles. The summed E-state index contributed by atoms with van der Waals surface area (Å²) in [5.41, 5.74) is 3.15. The highest BCUT2D eigenvalue weighted by Gasteiger charge is 2.15. The second-order valence-corrected chi connectivity index (χ2v) is 5.27. The van der Waals surface area contributed by atoms with Gasteiger partial charge >= 0.3 is 0 Å². The van der Waals surface area contributed by atoms with E-state index in [1.807, 2.05) is 5.51 Å². The topological polar surface area (TPSA) is 24.9 Å². The maximum absolute atomic E-state index is 4.44. The Labute approximate surface area is 103 Å². The van der Waals surface area contributed by atoms with Crippen LogP contribution in [-0.4, -0.2) is 11.5 Å². The van der Waals surface area contributed by atoms with Gasteiger partial charge in [-0.1, -0.05) is 33.6 Å². The molecular weight excluding hydrogens is 216 g/mol. The third-order valence-electron chi connectivity index (χ3n) is 2.87. The Hall–Kier alpha value is -0.410. The summed E-state index contributed by atoms with van der Waals surface area (Å²) in [6.07, 6.45) is 4.98. The molecule has 0 spiro atoms. The molecule has 2 nitrogen and oxygen atoms in total. The molecule has 0 aromatic carbocycles. The SMILES string of the molecule is CCCNC(CC(C)CCC)c1cscn1.